The summed E-state index contributed by atoms with van der Waals surface area (Å²) in [7, 11) is 1.93. The molecule has 0 unspecified atom stereocenters. The van der Waals surface area contributed by atoms with Gasteiger partial charge in [0, 0.05) is 30.6 Å². The van der Waals surface area contributed by atoms with E-state index in [0.29, 0.717) is 5.92 Å². The lowest BCUT2D eigenvalue weighted by Gasteiger charge is -2.24. The van der Waals surface area contributed by atoms with Crippen LogP contribution in [0.3, 0.4) is 0 Å². The molecule has 0 saturated heterocycles. The van der Waals surface area contributed by atoms with Crippen molar-refractivity contribution in [3.63, 3.8) is 0 Å². The van der Waals surface area contributed by atoms with Crippen molar-refractivity contribution in [2.24, 2.45) is 0 Å². The molecule has 1 aromatic heterocycles. The highest BCUT2D eigenvalue weighted by atomic mass is 15.0. The molecule has 0 bridgehead atoms. The zero-order chi connectivity index (χ0) is 10.3. The molecule has 2 aliphatic carbocycles. The Morgan fingerprint density at radius 2 is 1.93 bits per heavy atom. The summed E-state index contributed by atoms with van der Waals surface area (Å²) >= 11 is 0. The minimum Gasteiger partial charge on any atom is -0.373 e. The Bertz CT molecular complexity index is 367. The fourth-order valence-corrected chi connectivity index (χ4v) is 2.05. The fraction of sp³-hybridized carbons (Fsp3) is 0.667. The Morgan fingerprint density at radius 3 is 2.47 bits per heavy atom. The Balaban J connectivity index is 1.93. The lowest BCUT2D eigenvalue weighted by molar-refractivity contribution is 0.400. The van der Waals surface area contributed by atoms with E-state index in [9.17, 15) is 0 Å². The first-order chi connectivity index (χ1) is 7.36. The molecule has 0 radical (unpaired) electrons. The number of rotatable bonds is 3. The molecule has 3 rings (SSSR count). The minimum absolute atomic E-state index is 0.635. The fourth-order valence-electron chi connectivity index (χ4n) is 2.05. The summed E-state index contributed by atoms with van der Waals surface area (Å²) in [6, 6.07) is 2.11. The predicted molar refractivity (Wildman–Crippen MR) is 60.1 cm³/mol. The summed E-state index contributed by atoms with van der Waals surface area (Å²) in [4.78, 5) is 9.28. The Morgan fingerprint density at radius 1 is 1.13 bits per heavy atom. The van der Waals surface area contributed by atoms with Gasteiger partial charge in [-0.2, -0.15) is 0 Å². The van der Waals surface area contributed by atoms with E-state index in [1.165, 1.54) is 37.8 Å². The second-order valence-corrected chi connectivity index (χ2v) is 4.69. The topological polar surface area (TPSA) is 37.8 Å². The van der Waals surface area contributed by atoms with Crippen molar-refractivity contribution in [2.45, 2.75) is 43.9 Å². The third-order valence-electron chi connectivity index (χ3n) is 3.49. The molecule has 3 heteroatoms. The van der Waals surface area contributed by atoms with Crippen LogP contribution in [0, 0.1) is 0 Å². The molecule has 0 atom stereocenters. The van der Waals surface area contributed by atoms with E-state index in [4.69, 9.17) is 4.98 Å². The number of aromatic nitrogens is 2. The van der Waals surface area contributed by atoms with Crippen LogP contribution in [-0.4, -0.2) is 17.0 Å². The number of nitrogens with one attached hydrogen (secondary N) is 1. The largest absolute Gasteiger partial charge is 0.373 e. The Labute approximate surface area is 90.3 Å². The highest BCUT2D eigenvalue weighted by Gasteiger charge is 2.28. The highest BCUT2D eigenvalue weighted by Crippen LogP contribution is 2.41. The zero-order valence-electron chi connectivity index (χ0n) is 9.16. The third kappa shape index (κ3) is 1.71. The van der Waals surface area contributed by atoms with E-state index in [0.717, 1.165) is 17.6 Å². The molecular weight excluding hydrogens is 186 g/mol. The number of nitrogens with zero attached hydrogens (tertiary/aromatic N) is 2. The molecule has 80 valence electrons. The van der Waals surface area contributed by atoms with Gasteiger partial charge in [-0.05, 0) is 25.7 Å². The predicted octanol–water partition coefficient (Wildman–Crippen LogP) is 2.66. The average Bonchev–Trinajstić information content (AvgIpc) is 2.97. The van der Waals surface area contributed by atoms with Gasteiger partial charge >= 0.3 is 0 Å². The standard InChI is InChI=1S/C12H17N3/c1-13-11-7-10(8-5-6-8)14-12(15-11)9-3-2-4-9/h7-9H,2-6H2,1H3,(H,13,14,15). The molecule has 3 nitrogen and oxygen atoms in total. The molecule has 2 aliphatic rings. The molecule has 0 aliphatic heterocycles. The van der Waals surface area contributed by atoms with E-state index in [1.54, 1.807) is 0 Å². The molecule has 2 saturated carbocycles. The first-order valence-corrected chi connectivity index (χ1v) is 5.93. The van der Waals surface area contributed by atoms with Crippen LogP contribution < -0.4 is 5.32 Å². The van der Waals surface area contributed by atoms with Crippen molar-refractivity contribution in [2.75, 3.05) is 12.4 Å². The summed E-state index contributed by atoms with van der Waals surface area (Å²) in [6.45, 7) is 0. The zero-order valence-corrected chi connectivity index (χ0v) is 9.16. The second-order valence-electron chi connectivity index (χ2n) is 4.69. The maximum absolute atomic E-state index is 4.71. The van der Waals surface area contributed by atoms with Crippen LogP contribution in [0.4, 0.5) is 5.82 Å². The summed E-state index contributed by atoms with van der Waals surface area (Å²) < 4.78 is 0. The first-order valence-electron chi connectivity index (χ1n) is 5.93. The van der Waals surface area contributed by atoms with Crippen LogP contribution in [0.1, 0.15) is 55.5 Å². The number of hydrogen-bond donors (Lipinski definition) is 1. The molecule has 1 heterocycles. The monoisotopic (exact) mass is 203 g/mol. The summed E-state index contributed by atoms with van der Waals surface area (Å²) in [5.74, 6) is 3.43. The maximum Gasteiger partial charge on any atom is 0.134 e. The van der Waals surface area contributed by atoms with Gasteiger partial charge in [-0.1, -0.05) is 6.42 Å². The second kappa shape index (κ2) is 3.47. The van der Waals surface area contributed by atoms with Gasteiger partial charge in [0.15, 0.2) is 0 Å². The van der Waals surface area contributed by atoms with Crippen LogP contribution in [0.15, 0.2) is 6.07 Å². The molecule has 0 amide bonds. The number of anilines is 1. The van der Waals surface area contributed by atoms with Gasteiger partial charge in [-0.15, -0.1) is 0 Å². The average molecular weight is 203 g/mol. The van der Waals surface area contributed by atoms with Crippen molar-refractivity contribution in [3.05, 3.63) is 17.6 Å². The Kier molecular flexibility index (Phi) is 2.11. The van der Waals surface area contributed by atoms with Crippen LogP contribution in [0.2, 0.25) is 0 Å². The van der Waals surface area contributed by atoms with Gasteiger partial charge < -0.3 is 5.32 Å². The highest BCUT2D eigenvalue weighted by molar-refractivity contribution is 5.38. The third-order valence-corrected chi connectivity index (χ3v) is 3.49. The minimum atomic E-state index is 0.635. The van der Waals surface area contributed by atoms with Crippen molar-refractivity contribution >= 4 is 5.82 Å². The smallest absolute Gasteiger partial charge is 0.134 e. The van der Waals surface area contributed by atoms with E-state index in [2.05, 4.69) is 16.4 Å². The van der Waals surface area contributed by atoms with Crippen LogP contribution in [0.25, 0.3) is 0 Å². The SMILES string of the molecule is CNc1cc(C2CC2)nc(C2CCC2)n1. The van der Waals surface area contributed by atoms with E-state index >= 15 is 0 Å². The van der Waals surface area contributed by atoms with Crippen molar-refractivity contribution in [3.8, 4) is 0 Å². The maximum atomic E-state index is 4.71. The summed E-state index contributed by atoms with van der Waals surface area (Å²) in [6.07, 6.45) is 6.51. The molecule has 0 spiro atoms. The molecule has 15 heavy (non-hydrogen) atoms. The molecule has 0 aromatic carbocycles. The van der Waals surface area contributed by atoms with Crippen LogP contribution in [0.5, 0.6) is 0 Å². The van der Waals surface area contributed by atoms with Gasteiger partial charge in [0.2, 0.25) is 0 Å². The van der Waals surface area contributed by atoms with Gasteiger partial charge in [0.25, 0.3) is 0 Å². The lowest BCUT2D eigenvalue weighted by Crippen LogP contribution is -2.14. The van der Waals surface area contributed by atoms with Crippen LogP contribution >= 0.6 is 0 Å². The van der Waals surface area contributed by atoms with E-state index < -0.39 is 0 Å². The van der Waals surface area contributed by atoms with Gasteiger partial charge in [0.05, 0.1) is 0 Å². The van der Waals surface area contributed by atoms with Crippen LogP contribution in [-0.2, 0) is 0 Å². The van der Waals surface area contributed by atoms with Crippen molar-refractivity contribution in [1.82, 2.24) is 9.97 Å². The molecule has 1 N–H and O–H groups in total. The van der Waals surface area contributed by atoms with E-state index in [-0.39, 0.29) is 0 Å². The van der Waals surface area contributed by atoms with Crippen molar-refractivity contribution in [1.29, 1.82) is 0 Å². The summed E-state index contributed by atoms with van der Waals surface area (Å²) in [5, 5.41) is 3.14. The van der Waals surface area contributed by atoms with Crippen molar-refractivity contribution < 1.29 is 0 Å². The molecule has 1 aromatic rings. The quantitative estimate of drug-likeness (QED) is 0.820. The summed E-state index contributed by atoms with van der Waals surface area (Å²) in [5.41, 5.74) is 1.26. The van der Waals surface area contributed by atoms with Gasteiger partial charge in [-0.25, -0.2) is 9.97 Å². The number of hydrogen-bond acceptors (Lipinski definition) is 3. The molecular formula is C12H17N3. The van der Waals surface area contributed by atoms with E-state index in [1.807, 2.05) is 7.05 Å². The lowest BCUT2D eigenvalue weighted by atomic mass is 9.85. The first kappa shape index (κ1) is 9.13. The Hall–Kier alpha value is -1.12. The van der Waals surface area contributed by atoms with Gasteiger partial charge in [0.1, 0.15) is 11.6 Å². The normalized spacial score (nSPS) is 21.1. The molecule has 2 fully saturated rings. The van der Waals surface area contributed by atoms with Gasteiger partial charge in [-0.3, -0.25) is 0 Å².